The van der Waals surface area contributed by atoms with Gasteiger partial charge in [-0.3, -0.25) is 9.79 Å². The third-order valence-electron chi connectivity index (χ3n) is 2.97. The fraction of sp³-hybridized carbons (Fsp3) is 0.333. The Hall–Kier alpha value is -1.68. The highest BCUT2D eigenvalue weighted by Crippen LogP contribution is 2.39. The lowest BCUT2D eigenvalue weighted by Gasteiger charge is -2.24. The van der Waals surface area contributed by atoms with Crippen LogP contribution in [-0.4, -0.2) is 23.3 Å². The summed E-state index contributed by atoms with van der Waals surface area (Å²) in [6.45, 7) is 1.96. The van der Waals surface area contributed by atoms with Gasteiger partial charge in [0, 0.05) is 11.6 Å². The Bertz CT molecular complexity index is 456. The molecule has 0 amide bonds. The highest BCUT2D eigenvalue weighted by molar-refractivity contribution is 5.86. The quantitative estimate of drug-likeness (QED) is 0.806. The maximum absolute atomic E-state index is 10.8. The monoisotopic (exact) mass is 218 g/mol. The molecule has 4 nitrogen and oxygen atoms in total. The van der Waals surface area contributed by atoms with E-state index in [4.69, 9.17) is 10.8 Å². The van der Waals surface area contributed by atoms with Gasteiger partial charge in [-0.1, -0.05) is 25.1 Å². The van der Waals surface area contributed by atoms with Gasteiger partial charge >= 0.3 is 5.97 Å². The lowest BCUT2D eigenvalue weighted by molar-refractivity contribution is -0.138. The summed E-state index contributed by atoms with van der Waals surface area (Å²) in [5.74, 6) is -0.973. The number of benzene rings is 1. The highest BCUT2D eigenvalue weighted by Gasteiger charge is 2.34. The minimum atomic E-state index is -0.973. The molecule has 0 spiro atoms. The standard InChI is InChI=1S/C12H14N2O2/c1-12(6-9(13)11(15)16)7-14-10-5-3-2-4-8(10)12/h2-5,7,9H,6,13H2,1H3,(H,15,16)/t9-,12?/m0/s1. The summed E-state index contributed by atoms with van der Waals surface area (Å²) in [4.78, 5) is 15.1. The number of hydrogen-bond acceptors (Lipinski definition) is 3. The first-order chi connectivity index (χ1) is 7.53. The van der Waals surface area contributed by atoms with Crippen molar-refractivity contribution in [2.45, 2.75) is 24.8 Å². The van der Waals surface area contributed by atoms with Crippen LogP contribution in [0.25, 0.3) is 0 Å². The molecule has 1 heterocycles. The van der Waals surface area contributed by atoms with Crippen molar-refractivity contribution in [3.8, 4) is 0 Å². The number of nitrogens with two attached hydrogens (primary N) is 1. The van der Waals surface area contributed by atoms with Gasteiger partial charge in [0.15, 0.2) is 0 Å². The maximum Gasteiger partial charge on any atom is 0.320 e. The zero-order valence-corrected chi connectivity index (χ0v) is 9.05. The zero-order valence-electron chi connectivity index (χ0n) is 9.05. The van der Waals surface area contributed by atoms with Crippen LogP contribution in [0.15, 0.2) is 29.3 Å². The molecule has 3 N–H and O–H groups in total. The Morgan fingerprint density at radius 1 is 1.56 bits per heavy atom. The second-order valence-electron chi connectivity index (χ2n) is 4.34. The van der Waals surface area contributed by atoms with Gasteiger partial charge in [-0.2, -0.15) is 0 Å². The van der Waals surface area contributed by atoms with E-state index in [1.54, 1.807) is 6.21 Å². The number of fused-ring (bicyclic) bond motifs is 1. The molecule has 4 heteroatoms. The molecular formula is C12H14N2O2. The molecule has 0 aliphatic carbocycles. The molecule has 1 aliphatic heterocycles. The van der Waals surface area contributed by atoms with E-state index in [9.17, 15) is 4.79 Å². The first kappa shape index (κ1) is 10.8. The third kappa shape index (κ3) is 1.72. The normalized spacial score (nSPS) is 24.1. The second-order valence-corrected chi connectivity index (χ2v) is 4.34. The third-order valence-corrected chi connectivity index (χ3v) is 2.97. The lowest BCUT2D eigenvalue weighted by Crippen LogP contribution is -2.38. The maximum atomic E-state index is 10.8. The molecule has 84 valence electrons. The molecule has 2 atom stereocenters. The Morgan fingerprint density at radius 2 is 2.25 bits per heavy atom. The summed E-state index contributed by atoms with van der Waals surface area (Å²) in [6.07, 6.45) is 2.16. The van der Waals surface area contributed by atoms with E-state index in [1.807, 2.05) is 31.2 Å². The van der Waals surface area contributed by atoms with E-state index < -0.39 is 12.0 Å². The van der Waals surface area contributed by atoms with Crippen LogP contribution in [0.2, 0.25) is 0 Å². The predicted octanol–water partition coefficient (Wildman–Crippen LogP) is 1.46. The number of rotatable bonds is 3. The van der Waals surface area contributed by atoms with Gasteiger partial charge in [0.05, 0.1) is 5.69 Å². The fourth-order valence-electron chi connectivity index (χ4n) is 2.06. The molecule has 0 saturated carbocycles. The minimum absolute atomic E-state index is 0.364. The summed E-state index contributed by atoms with van der Waals surface area (Å²) in [7, 11) is 0. The van der Waals surface area contributed by atoms with Crippen molar-refractivity contribution >= 4 is 17.9 Å². The number of carbonyl (C=O) groups is 1. The summed E-state index contributed by atoms with van der Waals surface area (Å²) in [5, 5.41) is 8.84. The fourth-order valence-corrected chi connectivity index (χ4v) is 2.06. The zero-order chi connectivity index (χ0) is 11.8. The minimum Gasteiger partial charge on any atom is -0.480 e. The SMILES string of the molecule is CC1(C[C@H](N)C(=O)O)C=Nc2ccccc21. The number of carboxylic acid groups (broad SMARTS) is 1. The van der Waals surface area contributed by atoms with Crippen LogP contribution in [0.5, 0.6) is 0 Å². The van der Waals surface area contributed by atoms with Crippen molar-refractivity contribution in [1.82, 2.24) is 0 Å². The number of aliphatic carboxylic acids is 1. The van der Waals surface area contributed by atoms with Crippen molar-refractivity contribution in [1.29, 1.82) is 0 Å². The smallest absolute Gasteiger partial charge is 0.320 e. The van der Waals surface area contributed by atoms with Crippen LogP contribution >= 0.6 is 0 Å². The molecule has 1 aliphatic rings. The predicted molar refractivity (Wildman–Crippen MR) is 62.2 cm³/mol. The Balaban J connectivity index is 2.29. The van der Waals surface area contributed by atoms with Gasteiger partial charge in [-0.15, -0.1) is 0 Å². The molecule has 2 rings (SSSR count). The molecule has 0 radical (unpaired) electrons. The van der Waals surface area contributed by atoms with Gasteiger partial charge < -0.3 is 10.8 Å². The van der Waals surface area contributed by atoms with Crippen LogP contribution in [0.3, 0.4) is 0 Å². The van der Waals surface area contributed by atoms with Gasteiger partial charge in [0.25, 0.3) is 0 Å². The van der Waals surface area contributed by atoms with Crippen LogP contribution in [0.4, 0.5) is 5.69 Å². The van der Waals surface area contributed by atoms with E-state index in [2.05, 4.69) is 4.99 Å². The summed E-state index contributed by atoms with van der Waals surface area (Å²) >= 11 is 0. The molecule has 0 aromatic heterocycles. The van der Waals surface area contributed by atoms with Crippen LogP contribution < -0.4 is 5.73 Å². The van der Waals surface area contributed by atoms with E-state index >= 15 is 0 Å². The van der Waals surface area contributed by atoms with Crippen molar-refractivity contribution in [3.63, 3.8) is 0 Å². The van der Waals surface area contributed by atoms with E-state index in [0.29, 0.717) is 6.42 Å². The Morgan fingerprint density at radius 3 is 2.94 bits per heavy atom. The first-order valence-electron chi connectivity index (χ1n) is 5.16. The van der Waals surface area contributed by atoms with Crippen LogP contribution in [-0.2, 0) is 10.2 Å². The number of hydrogen-bond donors (Lipinski definition) is 2. The molecule has 0 bridgehead atoms. The average molecular weight is 218 g/mol. The number of nitrogens with zero attached hydrogens (tertiary/aromatic N) is 1. The Labute approximate surface area is 93.8 Å². The molecule has 0 fully saturated rings. The van der Waals surface area contributed by atoms with Gasteiger partial charge in [-0.05, 0) is 18.1 Å². The number of carboxylic acids is 1. The summed E-state index contributed by atoms with van der Waals surface area (Å²) in [6, 6.07) is 6.87. The molecule has 1 aromatic carbocycles. The number of para-hydroxylation sites is 1. The van der Waals surface area contributed by atoms with E-state index in [-0.39, 0.29) is 5.41 Å². The summed E-state index contributed by atoms with van der Waals surface area (Å²) in [5.41, 5.74) is 7.16. The van der Waals surface area contributed by atoms with E-state index in [1.165, 1.54) is 0 Å². The average Bonchev–Trinajstić information content (AvgIpc) is 2.57. The van der Waals surface area contributed by atoms with Crippen LogP contribution in [0.1, 0.15) is 18.9 Å². The first-order valence-corrected chi connectivity index (χ1v) is 5.16. The topological polar surface area (TPSA) is 75.7 Å². The van der Waals surface area contributed by atoms with E-state index in [0.717, 1.165) is 11.3 Å². The van der Waals surface area contributed by atoms with Crippen molar-refractivity contribution < 1.29 is 9.90 Å². The summed E-state index contributed by atoms with van der Waals surface area (Å²) < 4.78 is 0. The molecule has 16 heavy (non-hydrogen) atoms. The molecule has 1 unspecified atom stereocenters. The Kier molecular flexibility index (Phi) is 2.52. The van der Waals surface area contributed by atoms with Crippen molar-refractivity contribution in [2.75, 3.05) is 0 Å². The largest absolute Gasteiger partial charge is 0.480 e. The highest BCUT2D eigenvalue weighted by atomic mass is 16.4. The van der Waals surface area contributed by atoms with Crippen molar-refractivity contribution in [3.05, 3.63) is 29.8 Å². The van der Waals surface area contributed by atoms with Gasteiger partial charge in [0.1, 0.15) is 6.04 Å². The lowest BCUT2D eigenvalue weighted by atomic mass is 9.79. The van der Waals surface area contributed by atoms with Gasteiger partial charge in [0.2, 0.25) is 0 Å². The second kappa shape index (κ2) is 3.72. The van der Waals surface area contributed by atoms with Crippen LogP contribution in [0, 0.1) is 0 Å². The van der Waals surface area contributed by atoms with Crippen molar-refractivity contribution in [2.24, 2.45) is 10.7 Å². The van der Waals surface area contributed by atoms with Gasteiger partial charge in [-0.25, -0.2) is 0 Å². The molecule has 1 aromatic rings. The molecular weight excluding hydrogens is 204 g/mol. The molecule has 0 saturated heterocycles. The number of aliphatic imine (C=N–C) groups is 1.